The lowest BCUT2D eigenvalue weighted by Crippen LogP contribution is -2.29. The second-order valence-corrected chi connectivity index (χ2v) is 7.63. The Morgan fingerprint density at radius 1 is 1.00 bits per heavy atom. The summed E-state index contributed by atoms with van der Waals surface area (Å²) in [4.78, 5) is 11.4. The van der Waals surface area contributed by atoms with E-state index < -0.39 is 11.8 Å². The number of carbonyl (C=O) groups is 1. The van der Waals surface area contributed by atoms with E-state index in [0.29, 0.717) is 0 Å². The quantitative estimate of drug-likeness (QED) is 0.189. The highest BCUT2D eigenvalue weighted by Gasteiger charge is 2.40. The van der Waals surface area contributed by atoms with E-state index in [1.807, 2.05) is 18.2 Å². The van der Waals surface area contributed by atoms with Crippen molar-refractivity contribution >= 4 is 22.1 Å². The third-order valence-corrected chi connectivity index (χ3v) is 5.17. The predicted molar refractivity (Wildman–Crippen MR) is 108 cm³/mol. The second-order valence-electron chi connectivity index (χ2n) is 6.84. The zero-order valence-electron chi connectivity index (χ0n) is 15.5. The lowest BCUT2D eigenvalue weighted by molar-refractivity contribution is 0.0880. The number of hydrogen-bond donors (Lipinski definition) is 0. The molecule has 0 N–H and O–H groups in total. The fourth-order valence-corrected chi connectivity index (χ4v) is 3.50. The Balaban J connectivity index is 1.72. The number of unbranched alkanes of at least 4 members (excludes halogenated alkanes) is 6. The van der Waals surface area contributed by atoms with E-state index in [1.54, 1.807) is 0 Å². The summed E-state index contributed by atoms with van der Waals surface area (Å²) in [5, 5.41) is 1.10. The highest BCUT2D eigenvalue weighted by Crippen LogP contribution is 2.26. The smallest absolute Gasteiger partial charge is 0.429 e. The molecule has 4 heteroatoms. The summed E-state index contributed by atoms with van der Waals surface area (Å²) in [5.41, 5.74) is 0.541. The standard InChI is InChI=1S/C22H29BrO3/c23-18-12-5-3-1-2-4-10-16-22(19-25-21(24)26-22)17-11-9-15-20-13-7-6-8-14-20/h6-8,13-14H,1-5,9-10,12,15-16,18-19H2. The molecule has 1 unspecified atom stereocenters. The molecule has 1 aromatic carbocycles. The second kappa shape index (κ2) is 12.0. The van der Waals surface area contributed by atoms with E-state index in [4.69, 9.17) is 9.47 Å². The van der Waals surface area contributed by atoms with Crippen molar-refractivity contribution in [3.8, 4) is 11.8 Å². The molecule has 0 spiro atoms. The molecular weight excluding hydrogens is 392 g/mol. The third kappa shape index (κ3) is 7.83. The van der Waals surface area contributed by atoms with Crippen LogP contribution in [0.5, 0.6) is 0 Å². The first kappa shape index (κ1) is 20.8. The van der Waals surface area contributed by atoms with Crippen LogP contribution in [0.3, 0.4) is 0 Å². The molecule has 0 amide bonds. The van der Waals surface area contributed by atoms with Crippen molar-refractivity contribution in [1.29, 1.82) is 0 Å². The van der Waals surface area contributed by atoms with E-state index in [0.717, 1.165) is 37.4 Å². The lowest BCUT2D eigenvalue weighted by atomic mass is 9.96. The number of aryl methyl sites for hydroxylation is 1. The van der Waals surface area contributed by atoms with Gasteiger partial charge in [0.05, 0.1) is 0 Å². The Morgan fingerprint density at radius 3 is 2.35 bits per heavy atom. The average Bonchev–Trinajstić information content (AvgIpc) is 3.03. The monoisotopic (exact) mass is 420 g/mol. The first-order chi connectivity index (χ1) is 12.7. The van der Waals surface area contributed by atoms with Gasteiger partial charge in [0.25, 0.3) is 0 Å². The van der Waals surface area contributed by atoms with Gasteiger partial charge in [-0.25, -0.2) is 4.79 Å². The highest BCUT2D eigenvalue weighted by atomic mass is 79.9. The van der Waals surface area contributed by atoms with Gasteiger partial charge in [0.2, 0.25) is 5.60 Å². The van der Waals surface area contributed by atoms with Crippen LogP contribution in [-0.4, -0.2) is 23.7 Å². The van der Waals surface area contributed by atoms with Gasteiger partial charge >= 0.3 is 6.16 Å². The number of rotatable bonds is 11. The molecule has 0 radical (unpaired) electrons. The Kier molecular flexibility index (Phi) is 9.63. The topological polar surface area (TPSA) is 35.5 Å². The van der Waals surface area contributed by atoms with Gasteiger partial charge in [0.15, 0.2) is 0 Å². The Hall–Kier alpha value is -1.47. The van der Waals surface area contributed by atoms with Crippen molar-refractivity contribution in [1.82, 2.24) is 0 Å². The lowest BCUT2D eigenvalue weighted by Gasteiger charge is -2.18. The summed E-state index contributed by atoms with van der Waals surface area (Å²) in [7, 11) is 0. The normalized spacial score (nSPS) is 18.7. The van der Waals surface area contributed by atoms with Crippen molar-refractivity contribution in [2.75, 3.05) is 11.9 Å². The van der Waals surface area contributed by atoms with Gasteiger partial charge in [-0.1, -0.05) is 90.2 Å². The third-order valence-electron chi connectivity index (χ3n) is 4.61. The molecule has 1 fully saturated rings. The summed E-state index contributed by atoms with van der Waals surface area (Å²) in [6, 6.07) is 10.3. The van der Waals surface area contributed by atoms with Crippen LogP contribution in [0.15, 0.2) is 30.3 Å². The summed E-state index contributed by atoms with van der Waals surface area (Å²) < 4.78 is 10.5. The Labute approximate surface area is 166 Å². The molecule has 26 heavy (non-hydrogen) atoms. The van der Waals surface area contributed by atoms with Crippen molar-refractivity contribution in [3.63, 3.8) is 0 Å². The summed E-state index contributed by atoms with van der Waals surface area (Å²) in [5.74, 6) is 6.39. The van der Waals surface area contributed by atoms with E-state index in [1.165, 1.54) is 37.7 Å². The number of benzene rings is 1. The number of alkyl halides is 1. The minimum atomic E-state index is -0.732. The van der Waals surface area contributed by atoms with Crippen LogP contribution in [0.1, 0.15) is 63.4 Å². The fraction of sp³-hybridized carbons (Fsp3) is 0.591. The number of cyclic esters (lactones) is 2. The van der Waals surface area contributed by atoms with Crippen LogP contribution in [-0.2, 0) is 15.9 Å². The van der Waals surface area contributed by atoms with Gasteiger partial charge in [0, 0.05) is 18.2 Å². The maximum Gasteiger partial charge on any atom is 0.510 e. The van der Waals surface area contributed by atoms with E-state index in [2.05, 4.69) is 39.9 Å². The number of carbonyl (C=O) groups excluding carboxylic acids is 1. The molecule has 1 saturated heterocycles. The molecule has 142 valence electrons. The van der Waals surface area contributed by atoms with E-state index >= 15 is 0 Å². The summed E-state index contributed by atoms with van der Waals surface area (Å²) in [6.07, 6.45) is 10.4. The molecule has 0 aliphatic carbocycles. The minimum Gasteiger partial charge on any atom is -0.429 e. The zero-order valence-corrected chi connectivity index (χ0v) is 17.1. The van der Waals surface area contributed by atoms with Gasteiger partial charge in [-0.3, -0.25) is 0 Å². The molecule has 0 bridgehead atoms. The Morgan fingerprint density at radius 2 is 1.69 bits per heavy atom. The molecular formula is C22H29BrO3. The van der Waals surface area contributed by atoms with Gasteiger partial charge in [0.1, 0.15) is 6.61 Å². The Bertz CT molecular complexity index is 590. The maximum absolute atomic E-state index is 11.4. The maximum atomic E-state index is 11.4. The van der Waals surface area contributed by atoms with E-state index in [-0.39, 0.29) is 6.61 Å². The van der Waals surface area contributed by atoms with Gasteiger partial charge in [-0.2, -0.15) is 0 Å². The predicted octanol–water partition coefficient (Wildman–Crippen LogP) is 6.04. The SMILES string of the molecule is O=C1OCC(C#CCCc2ccccc2)(CCCCCCCCCBr)O1. The first-order valence-electron chi connectivity index (χ1n) is 9.70. The zero-order chi connectivity index (χ0) is 18.5. The van der Waals surface area contributed by atoms with Gasteiger partial charge in [-0.15, -0.1) is 0 Å². The molecule has 0 aromatic heterocycles. The summed E-state index contributed by atoms with van der Waals surface area (Å²) in [6.45, 7) is 0.259. The average molecular weight is 421 g/mol. The van der Waals surface area contributed by atoms with Crippen LogP contribution >= 0.6 is 15.9 Å². The van der Waals surface area contributed by atoms with Crippen molar-refractivity contribution < 1.29 is 14.3 Å². The number of halogens is 1. The molecule has 1 aliphatic rings. The molecule has 0 saturated carbocycles. The highest BCUT2D eigenvalue weighted by molar-refractivity contribution is 9.09. The van der Waals surface area contributed by atoms with Crippen LogP contribution < -0.4 is 0 Å². The van der Waals surface area contributed by atoms with Crippen molar-refractivity contribution in [2.45, 2.75) is 69.8 Å². The number of ether oxygens (including phenoxy) is 2. The molecule has 1 heterocycles. The molecule has 1 aliphatic heterocycles. The van der Waals surface area contributed by atoms with Gasteiger partial charge < -0.3 is 9.47 Å². The van der Waals surface area contributed by atoms with Gasteiger partial charge in [-0.05, 0) is 24.8 Å². The van der Waals surface area contributed by atoms with Crippen LogP contribution in [0.2, 0.25) is 0 Å². The first-order valence-corrected chi connectivity index (χ1v) is 10.8. The molecule has 1 aromatic rings. The summed E-state index contributed by atoms with van der Waals surface area (Å²) >= 11 is 3.46. The van der Waals surface area contributed by atoms with Crippen LogP contribution in [0, 0.1) is 11.8 Å². The van der Waals surface area contributed by atoms with Crippen molar-refractivity contribution in [3.05, 3.63) is 35.9 Å². The minimum absolute atomic E-state index is 0.259. The molecule has 1 atom stereocenters. The molecule has 3 nitrogen and oxygen atoms in total. The van der Waals surface area contributed by atoms with Crippen LogP contribution in [0.25, 0.3) is 0 Å². The van der Waals surface area contributed by atoms with E-state index in [9.17, 15) is 4.79 Å². The van der Waals surface area contributed by atoms with Crippen molar-refractivity contribution in [2.24, 2.45) is 0 Å². The number of hydrogen-bond acceptors (Lipinski definition) is 3. The molecule has 2 rings (SSSR count). The fourth-order valence-electron chi connectivity index (χ4n) is 3.11. The largest absolute Gasteiger partial charge is 0.510 e. The van der Waals surface area contributed by atoms with Crippen LogP contribution in [0.4, 0.5) is 4.79 Å².